The van der Waals surface area contributed by atoms with Crippen LogP contribution in [0.3, 0.4) is 0 Å². The highest BCUT2D eigenvalue weighted by Crippen LogP contribution is 2.69. The topological polar surface area (TPSA) is 255 Å². The Morgan fingerprint density at radius 3 is 2.24 bits per heavy atom. The van der Waals surface area contributed by atoms with Crippen LogP contribution in [0.4, 0.5) is 14.5 Å². The summed E-state index contributed by atoms with van der Waals surface area (Å²) in [5.74, 6) is -7.41. The summed E-state index contributed by atoms with van der Waals surface area (Å²) in [6, 6.07) is 11.9. The Morgan fingerprint density at radius 1 is 0.886 bits per heavy atom. The van der Waals surface area contributed by atoms with E-state index in [9.17, 15) is 53.7 Å². The van der Waals surface area contributed by atoms with Gasteiger partial charge in [0.15, 0.2) is 23.5 Å². The van der Waals surface area contributed by atoms with E-state index in [0.717, 1.165) is 17.2 Å². The van der Waals surface area contributed by atoms with Crippen molar-refractivity contribution < 1.29 is 72.0 Å². The number of carbonyl (C=O) groups is 8. The molecule has 3 saturated carbocycles. The molecule has 12 atom stereocenters. The summed E-state index contributed by atoms with van der Waals surface area (Å²) < 4.78 is 39.8. The van der Waals surface area contributed by atoms with Crippen molar-refractivity contribution in [2.75, 3.05) is 11.9 Å². The molecule has 5 amide bonds. The van der Waals surface area contributed by atoms with Crippen LogP contribution in [0, 0.1) is 28.6 Å². The maximum Gasteiger partial charge on any atom is 0.333 e. The molecule has 2 aromatic rings. The molecule has 6 N–H and O–H groups in total. The number of aliphatic hydroxyl groups excluding tert-OH is 3. The fourth-order valence-electron chi connectivity index (χ4n) is 11.4. The second-order valence-electron chi connectivity index (χ2n) is 19.7. The standard InChI is InChI=1S/C51H60F2N4O13/c1-27(54-41(62)10-5-6-11-44(65)70-57-42(63)16-17-43(57)64)46(66)55-28(2)47(67)56-32-9-7-8-30(21-32)20-29-12-14-31(15-13-29)48(68)69-39-24-34-35-23-37(52)36-22-33(59)18-19-50(36,4)51(35,53)40(61)25-49(34,3)45(39)38(60)26-58/h7-9,12-15,18-19,21-22,27-28,34-35,37,39-40,45,48,58,61,68H,5-6,10-11,16-17,20,23-26H2,1-4H3,(H,54,62)(H,55,66)(H,56,67)/t27-,28-,34-,35-,37-,39+,40-,45-,48-,49-,50-,51-/m0/s1. The lowest BCUT2D eigenvalue weighted by Gasteiger charge is -2.62. The number of alkyl halides is 2. The lowest BCUT2D eigenvalue weighted by molar-refractivity contribution is -0.203. The molecule has 7 rings (SSSR count). The minimum Gasteiger partial charge on any atom is -0.390 e. The van der Waals surface area contributed by atoms with Gasteiger partial charge in [-0.05, 0) is 112 Å². The van der Waals surface area contributed by atoms with Crippen molar-refractivity contribution >= 4 is 52.8 Å². The summed E-state index contributed by atoms with van der Waals surface area (Å²) in [4.78, 5) is 104. The number of ether oxygens (including phenoxy) is 1. The van der Waals surface area contributed by atoms with Crippen molar-refractivity contribution in [2.45, 2.75) is 134 Å². The quantitative estimate of drug-likeness (QED) is 0.0706. The number of nitrogens with one attached hydrogen (secondary N) is 3. The lowest BCUT2D eigenvalue weighted by Crippen LogP contribution is -2.68. The van der Waals surface area contributed by atoms with Crippen molar-refractivity contribution in [3.63, 3.8) is 0 Å². The van der Waals surface area contributed by atoms with Gasteiger partial charge >= 0.3 is 5.97 Å². The van der Waals surface area contributed by atoms with Gasteiger partial charge in [0.25, 0.3) is 11.8 Å². The van der Waals surface area contributed by atoms with Crippen LogP contribution in [0.5, 0.6) is 0 Å². The minimum atomic E-state index is -2.38. The molecule has 2 aromatic carbocycles. The number of nitrogens with zero attached hydrogens (tertiary/aromatic N) is 1. The van der Waals surface area contributed by atoms with E-state index < -0.39 is 125 Å². The third-order valence-electron chi connectivity index (χ3n) is 15.1. The molecule has 0 aromatic heterocycles. The number of Topliss-reactive ketones (excluding diaryl/α,β-unsaturated/α-hetero) is 1. The molecule has 17 nitrogen and oxygen atoms in total. The van der Waals surface area contributed by atoms with Gasteiger partial charge in [-0.3, -0.25) is 33.6 Å². The monoisotopic (exact) mass is 974 g/mol. The Kier molecular flexibility index (Phi) is 15.4. The number of hydroxylamine groups is 2. The van der Waals surface area contributed by atoms with Gasteiger partial charge in [0, 0.05) is 48.3 Å². The van der Waals surface area contributed by atoms with Crippen LogP contribution in [0.15, 0.2) is 72.3 Å². The van der Waals surface area contributed by atoms with Crippen molar-refractivity contribution in [1.82, 2.24) is 15.7 Å². The fraction of sp³-hybridized carbons (Fsp3) is 0.529. The molecule has 1 heterocycles. The van der Waals surface area contributed by atoms with E-state index >= 15 is 8.78 Å². The molecule has 0 unspecified atom stereocenters. The number of anilines is 1. The van der Waals surface area contributed by atoms with Crippen molar-refractivity contribution in [3.8, 4) is 0 Å². The second-order valence-corrected chi connectivity index (χ2v) is 19.7. The van der Waals surface area contributed by atoms with Crippen LogP contribution in [0.2, 0.25) is 0 Å². The molecule has 1 saturated heterocycles. The third kappa shape index (κ3) is 10.2. The number of aliphatic hydroxyl groups is 3. The molecule has 5 aliphatic rings. The Hall–Kier alpha value is -6.02. The van der Waals surface area contributed by atoms with Gasteiger partial charge in [0.1, 0.15) is 24.9 Å². The highest BCUT2D eigenvalue weighted by molar-refractivity contribution is 6.02. The van der Waals surface area contributed by atoms with E-state index in [-0.39, 0.29) is 63.4 Å². The van der Waals surface area contributed by atoms with E-state index in [2.05, 4.69) is 16.0 Å². The summed E-state index contributed by atoms with van der Waals surface area (Å²) in [6.45, 7) is 5.30. The SMILES string of the molecule is C[C@H](NC(=O)CCCCC(=O)ON1C(=O)CCC1=O)C(=O)N[C@@H](C)C(=O)Nc1cccc(Cc2ccc([C@@H](O)O[C@@H]3C[C@H]4[C@@H]5C[C@H](F)C6=CC(=O)C=C[C@]6(C)[C@@]5(F)[C@@H](O)C[C@]4(C)[C@H]3C(=O)CO)cc2)c1. The van der Waals surface area contributed by atoms with Crippen molar-refractivity contribution in [3.05, 3.63) is 89.0 Å². The number of hydrogen-bond acceptors (Lipinski definition) is 13. The number of amides is 5. The van der Waals surface area contributed by atoms with E-state index in [0.29, 0.717) is 22.7 Å². The Labute approximate surface area is 403 Å². The van der Waals surface area contributed by atoms with E-state index in [4.69, 9.17) is 9.57 Å². The maximum atomic E-state index is 17.7. The van der Waals surface area contributed by atoms with Gasteiger partial charge in [-0.25, -0.2) is 13.6 Å². The van der Waals surface area contributed by atoms with Crippen LogP contribution >= 0.6 is 0 Å². The molecule has 70 heavy (non-hydrogen) atoms. The van der Waals surface area contributed by atoms with E-state index in [1.54, 1.807) is 49.4 Å². The number of ketones is 2. The largest absolute Gasteiger partial charge is 0.390 e. The minimum absolute atomic E-state index is 0.0122. The average Bonchev–Trinajstić information content (AvgIpc) is 3.78. The number of fused-ring (bicyclic) bond motifs is 5. The maximum absolute atomic E-state index is 17.7. The summed E-state index contributed by atoms with van der Waals surface area (Å²) in [5.41, 5.74) is -2.70. The first-order chi connectivity index (χ1) is 33.1. The molecule has 4 aliphatic carbocycles. The lowest BCUT2D eigenvalue weighted by atomic mass is 9.45. The van der Waals surface area contributed by atoms with Gasteiger partial charge in [-0.1, -0.05) is 49.4 Å². The van der Waals surface area contributed by atoms with E-state index in [1.165, 1.54) is 32.9 Å². The van der Waals surface area contributed by atoms with Crippen LogP contribution in [0.1, 0.15) is 108 Å². The number of benzene rings is 2. The van der Waals surface area contributed by atoms with Crippen LogP contribution < -0.4 is 16.0 Å². The summed E-state index contributed by atoms with van der Waals surface area (Å²) in [6.07, 6.45) is -1.97. The molecule has 0 radical (unpaired) electrons. The number of halogens is 2. The molecular formula is C51H60F2N4O13. The van der Waals surface area contributed by atoms with Gasteiger partial charge < -0.3 is 40.8 Å². The molecule has 1 aliphatic heterocycles. The van der Waals surface area contributed by atoms with Crippen LogP contribution in [-0.4, -0.2) is 110 Å². The number of unbranched alkanes of at least 4 members (excludes halogenated alkanes) is 1. The van der Waals surface area contributed by atoms with E-state index in [1.807, 2.05) is 6.07 Å². The second kappa shape index (κ2) is 20.8. The number of imide groups is 1. The average molecular weight is 975 g/mol. The molecule has 0 spiro atoms. The first-order valence-corrected chi connectivity index (χ1v) is 23.7. The number of hydrogen-bond donors (Lipinski definition) is 6. The predicted molar refractivity (Wildman–Crippen MR) is 245 cm³/mol. The smallest absolute Gasteiger partial charge is 0.333 e. The summed E-state index contributed by atoms with van der Waals surface area (Å²) in [7, 11) is 0. The number of carbonyl (C=O) groups excluding carboxylic acids is 8. The Morgan fingerprint density at radius 2 is 1.56 bits per heavy atom. The fourth-order valence-corrected chi connectivity index (χ4v) is 11.4. The highest BCUT2D eigenvalue weighted by Gasteiger charge is 2.73. The molecule has 0 bridgehead atoms. The van der Waals surface area contributed by atoms with Crippen LogP contribution in [0.25, 0.3) is 0 Å². The normalized spacial score (nSPS) is 30.3. The Balaban J connectivity index is 0.895. The van der Waals surface area contributed by atoms with Crippen LogP contribution in [-0.2, 0) is 54.4 Å². The highest BCUT2D eigenvalue weighted by atomic mass is 19.1. The van der Waals surface area contributed by atoms with Gasteiger partial charge in [-0.15, -0.1) is 5.06 Å². The molecule has 19 heteroatoms. The number of rotatable bonds is 18. The first kappa shape index (κ1) is 51.8. The van der Waals surface area contributed by atoms with Gasteiger partial charge in [0.05, 0.1) is 18.1 Å². The Bertz CT molecular complexity index is 2470. The molecule has 376 valence electrons. The van der Waals surface area contributed by atoms with Crippen molar-refractivity contribution in [1.29, 1.82) is 0 Å². The summed E-state index contributed by atoms with van der Waals surface area (Å²) >= 11 is 0. The van der Waals surface area contributed by atoms with Crippen molar-refractivity contribution in [2.24, 2.45) is 28.6 Å². The zero-order chi connectivity index (χ0) is 50.9. The van der Waals surface area contributed by atoms with Gasteiger partial charge in [0.2, 0.25) is 17.7 Å². The third-order valence-corrected chi connectivity index (χ3v) is 15.1. The first-order valence-electron chi connectivity index (χ1n) is 23.7. The zero-order valence-corrected chi connectivity index (χ0v) is 39.5. The zero-order valence-electron chi connectivity index (χ0n) is 39.5. The molecular weight excluding hydrogens is 915 g/mol. The number of allylic oxidation sites excluding steroid dienone is 4. The summed E-state index contributed by atoms with van der Waals surface area (Å²) in [5, 5.41) is 41.5. The predicted octanol–water partition coefficient (Wildman–Crippen LogP) is 3.88. The molecule has 4 fully saturated rings. The van der Waals surface area contributed by atoms with Gasteiger partial charge in [-0.2, -0.15) is 0 Å².